The molecule has 0 saturated heterocycles. The van der Waals surface area contributed by atoms with Crippen LogP contribution in [0.2, 0.25) is 0 Å². The van der Waals surface area contributed by atoms with E-state index in [-0.39, 0.29) is 17.6 Å². The van der Waals surface area contributed by atoms with Gasteiger partial charge in [0, 0.05) is 43.7 Å². The number of para-hydroxylation sites is 3. The van der Waals surface area contributed by atoms with Gasteiger partial charge in [-0.05, 0) is 130 Å². The molecular weight excluding hydrogens is 805 g/mol. The molecule has 2 N–H and O–H groups in total. The zero-order chi connectivity index (χ0) is 43.7. The molecule has 0 saturated carbocycles. The first kappa shape index (κ1) is 37.3. The van der Waals surface area contributed by atoms with Crippen molar-refractivity contribution in [3.8, 4) is 33.6 Å². The zero-order valence-corrected chi connectivity index (χ0v) is 36.6. The summed E-state index contributed by atoms with van der Waals surface area (Å²) in [6.07, 6.45) is 4.30. The van der Waals surface area contributed by atoms with Crippen LogP contribution in [0.1, 0.15) is 48.3 Å². The maximum Gasteiger partial charge on any atom is 0.145 e. The Morgan fingerprint density at radius 3 is 1.92 bits per heavy atom. The normalized spacial score (nSPS) is 16.5. The van der Waals surface area contributed by atoms with Crippen molar-refractivity contribution in [1.82, 2.24) is 19.8 Å². The molecule has 66 heavy (non-hydrogen) atoms. The zero-order valence-electron chi connectivity index (χ0n) is 36.6. The second-order valence-electron chi connectivity index (χ2n) is 18.6. The van der Waals surface area contributed by atoms with E-state index in [2.05, 4.69) is 234 Å². The van der Waals surface area contributed by atoms with E-state index in [9.17, 15) is 0 Å². The minimum Gasteiger partial charge on any atom is -0.455 e. The second kappa shape index (κ2) is 13.9. The number of hydrogen-bond donors (Lipinski definition) is 2. The lowest BCUT2D eigenvalue weighted by molar-refractivity contribution is 0.432. The summed E-state index contributed by atoms with van der Waals surface area (Å²) < 4.78 is 11.5. The lowest BCUT2D eigenvalue weighted by Crippen LogP contribution is -2.37. The van der Waals surface area contributed by atoms with Crippen molar-refractivity contribution >= 4 is 65.6 Å². The Morgan fingerprint density at radius 2 is 1.11 bits per heavy atom. The lowest BCUT2D eigenvalue weighted by atomic mass is 9.81. The van der Waals surface area contributed by atoms with Crippen molar-refractivity contribution in [2.45, 2.75) is 31.5 Å². The van der Waals surface area contributed by atoms with Crippen LogP contribution in [0, 0.1) is 0 Å². The molecule has 5 nitrogen and oxygen atoms in total. The summed E-state index contributed by atoms with van der Waals surface area (Å²) in [6, 6.07) is 71.2. The number of furan rings is 1. The Bertz CT molecular complexity index is 3980. The summed E-state index contributed by atoms with van der Waals surface area (Å²) in [5.74, 6) is 0. The average molecular weight is 849 g/mol. The second-order valence-corrected chi connectivity index (χ2v) is 18.6. The number of benzene rings is 9. The lowest BCUT2D eigenvalue weighted by Gasteiger charge is -2.30. The highest BCUT2D eigenvalue weighted by Crippen LogP contribution is 2.51. The van der Waals surface area contributed by atoms with Gasteiger partial charge in [-0.25, -0.2) is 0 Å². The van der Waals surface area contributed by atoms with Gasteiger partial charge in [0.1, 0.15) is 17.3 Å². The molecule has 3 aromatic heterocycles. The Labute approximate surface area is 381 Å². The Kier molecular flexibility index (Phi) is 7.87. The third-order valence-corrected chi connectivity index (χ3v) is 14.6. The standard InChI is InChI=1S/C61H44N4O/c1-61(2)50-35-40(60-62-32-31-52(63-60)37-13-5-3-6-14-37)21-25-43(50)44-26-24-42(36-51(44)61)65-53-19-11-9-17-45(53)48-33-38(22-28-54(48)65)39-23-29-55-49(34-39)58-56(64(55)41-15-7-4-8-16-41)30-27-47-46-18-10-12-20-57(46)66-59(47)58/h3-36,52,60,62-63H,1-2H3. The first-order chi connectivity index (χ1) is 32.5. The summed E-state index contributed by atoms with van der Waals surface area (Å²) in [5.41, 5.74) is 18.8. The molecular formula is C61H44N4O. The van der Waals surface area contributed by atoms with Crippen LogP contribution in [0.3, 0.4) is 0 Å². The third-order valence-electron chi connectivity index (χ3n) is 14.6. The van der Waals surface area contributed by atoms with Gasteiger partial charge in [0.15, 0.2) is 0 Å². The van der Waals surface area contributed by atoms with Crippen LogP contribution < -0.4 is 10.6 Å². The van der Waals surface area contributed by atoms with Crippen molar-refractivity contribution in [1.29, 1.82) is 0 Å². The van der Waals surface area contributed by atoms with Gasteiger partial charge in [-0.1, -0.05) is 135 Å². The highest BCUT2D eigenvalue weighted by molar-refractivity contribution is 6.24. The largest absolute Gasteiger partial charge is 0.455 e. The van der Waals surface area contributed by atoms with Crippen molar-refractivity contribution in [3.63, 3.8) is 0 Å². The average Bonchev–Trinajstić information content (AvgIpc) is 4.09. The van der Waals surface area contributed by atoms with E-state index in [1.165, 1.54) is 77.4 Å². The maximum atomic E-state index is 6.70. The monoisotopic (exact) mass is 848 g/mol. The molecule has 0 fully saturated rings. The SMILES string of the molecule is CC1(C)c2cc(C3NC=CC(c4ccccc4)N3)ccc2-c2ccc(-n3c4ccccc4c4cc(-c5ccc6c(c5)c5c7oc8ccccc8c7ccc5n6-c5ccccc5)ccc43)cc21. The van der Waals surface area contributed by atoms with Crippen molar-refractivity contribution in [3.05, 3.63) is 229 Å². The molecule has 0 amide bonds. The van der Waals surface area contributed by atoms with Crippen molar-refractivity contribution in [2.75, 3.05) is 0 Å². The molecule has 2 unspecified atom stereocenters. The van der Waals surface area contributed by atoms with Gasteiger partial charge in [0.05, 0.1) is 33.5 Å². The molecule has 1 aliphatic heterocycles. The summed E-state index contributed by atoms with van der Waals surface area (Å²) in [6.45, 7) is 4.76. The van der Waals surface area contributed by atoms with E-state index >= 15 is 0 Å². The van der Waals surface area contributed by atoms with Crippen LogP contribution in [-0.4, -0.2) is 9.13 Å². The highest BCUT2D eigenvalue weighted by Gasteiger charge is 2.37. The van der Waals surface area contributed by atoms with Crippen molar-refractivity contribution < 1.29 is 4.42 Å². The minimum atomic E-state index is -0.192. The van der Waals surface area contributed by atoms with E-state index in [4.69, 9.17) is 4.42 Å². The van der Waals surface area contributed by atoms with Gasteiger partial charge in [-0.2, -0.15) is 0 Å². The van der Waals surface area contributed by atoms with Gasteiger partial charge >= 0.3 is 0 Å². The molecule has 0 radical (unpaired) electrons. The fourth-order valence-electron chi connectivity index (χ4n) is 11.4. The number of nitrogens with one attached hydrogen (secondary N) is 2. The van der Waals surface area contributed by atoms with Gasteiger partial charge in [0.2, 0.25) is 0 Å². The fourth-order valence-corrected chi connectivity index (χ4v) is 11.4. The van der Waals surface area contributed by atoms with Crippen LogP contribution in [-0.2, 0) is 5.41 Å². The van der Waals surface area contributed by atoms with E-state index in [1.54, 1.807) is 0 Å². The third kappa shape index (κ3) is 5.38. The Balaban J connectivity index is 0.873. The number of aromatic nitrogens is 2. The Morgan fingerprint density at radius 1 is 0.470 bits per heavy atom. The summed E-state index contributed by atoms with van der Waals surface area (Å²) in [7, 11) is 0. The van der Waals surface area contributed by atoms with Crippen LogP contribution in [0.15, 0.2) is 211 Å². The quantitative estimate of drug-likeness (QED) is 0.181. The molecule has 9 aromatic carbocycles. The number of nitrogens with zero attached hydrogens (tertiary/aromatic N) is 2. The van der Waals surface area contributed by atoms with Gasteiger partial charge in [-0.15, -0.1) is 0 Å². The summed E-state index contributed by atoms with van der Waals surface area (Å²) in [5, 5.41) is 14.5. The van der Waals surface area contributed by atoms with Gasteiger partial charge in [-0.3, -0.25) is 5.32 Å². The van der Waals surface area contributed by atoms with Crippen LogP contribution in [0.4, 0.5) is 0 Å². The Hall–Kier alpha value is -8.12. The first-order valence-electron chi connectivity index (χ1n) is 23.0. The van der Waals surface area contributed by atoms with Gasteiger partial charge < -0.3 is 18.9 Å². The summed E-state index contributed by atoms with van der Waals surface area (Å²) >= 11 is 0. The smallest absolute Gasteiger partial charge is 0.145 e. The molecule has 2 aliphatic rings. The minimum absolute atomic E-state index is 0.00672. The van der Waals surface area contributed by atoms with Gasteiger partial charge in [0.25, 0.3) is 0 Å². The number of rotatable bonds is 5. The van der Waals surface area contributed by atoms with E-state index in [1.807, 2.05) is 6.07 Å². The predicted molar refractivity (Wildman–Crippen MR) is 273 cm³/mol. The van der Waals surface area contributed by atoms with E-state index in [0.29, 0.717) is 0 Å². The molecule has 14 rings (SSSR count). The predicted octanol–water partition coefficient (Wildman–Crippen LogP) is 15.2. The molecule has 314 valence electrons. The topological polar surface area (TPSA) is 47.1 Å². The first-order valence-corrected chi connectivity index (χ1v) is 23.0. The van der Waals surface area contributed by atoms with Crippen LogP contribution >= 0.6 is 0 Å². The molecule has 2 atom stereocenters. The van der Waals surface area contributed by atoms with Crippen LogP contribution in [0.25, 0.3) is 99.2 Å². The van der Waals surface area contributed by atoms with Crippen LogP contribution in [0.5, 0.6) is 0 Å². The number of hydrogen-bond acceptors (Lipinski definition) is 3. The number of fused-ring (bicyclic) bond motifs is 13. The maximum absolute atomic E-state index is 6.70. The molecule has 5 heteroatoms. The van der Waals surface area contributed by atoms with Crippen molar-refractivity contribution in [2.24, 2.45) is 0 Å². The summed E-state index contributed by atoms with van der Waals surface area (Å²) in [4.78, 5) is 0. The fraction of sp³-hybridized carbons (Fsp3) is 0.0820. The van der Waals surface area contributed by atoms with E-state index < -0.39 is 0 Å². The molecule has 12 aromatic rings. The molecule has 0 spiro atoms. The highest BCUT2D eigenvalue weighted by atomic mass is 16.3. The molecule has 1 aliphatic carbocycles. The molecule has 4 heterocycles. The molecule has 0 bridgehead atoms. The van der Waals surface area contributed by atoms with E-state index in [0.717, 1.165) is 44.0 Å².